The average Bonchev–Trinajstić information content (AvgIpc) is 2.73. The maximum Gasteiger partial charge on any atom is 0.253 e. The molecule has 5 heteroatoms. The molecule has 0 unspecified atom stereocenters. The van der Waals surface area contributed by atoms with Crippen LogP contribution in [0.5, 0.6) is 0 Å². The summed E-state index contributed by atoms with van der Waals surface area (Å²) in [5.74, 6) is 1.06. The van der Waals surface area contributed by atoms with Gasteiger partial charge in [0.15, 0.2) is 0 Å². The number of rotatable bonds is 5. The molecule has 1 amide bonds. The molecule has 1 saturated heterocycles. The summed E-state index contributed by atoms with van der Waals surface area (Å²) in [5.41, 5.74) is 1.99. The summed E-state index contributed by atoms with van der Waals surface area (Å²) in [6.07, 6.45) is 3.04. The van der Waals surface area contributed by atoms with Gasteiger partial charge >= 0.3 is 0 Å². The lowest BCUT2D eigenvalue weighted by Crippen LogP contribution is -2.35. The number of β-amino-alcohol motifs (C(OH)–C–C–N with tert-alkyl or cyclic N) is 1. The van der Waals surface area contributed by atoms with Crippen LogP contribution < -0.4 is 0 Å². The standard InChI is InChI=1S/C16H24N2O2S/c1-21-13-14-4-2-5-15(12-14)16(20)18-7-3-6-17(8-9-18)10-11-19/h2,4-5,12,19H,3,6-11,13H2,1H3. The van der Waals surface area contributed by atoms with Crippen molar-refractivity contribution in [2.75, 3.05) is 45.6 Å². The summed E-state index contributed by atoms with van der Waals surface area (Å²) in [5, 5.41) is 9.02. The first kappa shape index (κ1) is 16.3. The second-order valence-corrected chi connectivity index (χ2v) is 6.21. The van der Waals surface area contributed by atoms with E-state index >= 15 is 0 Å². The molecule has 0 spiro atoms. The molecule has 2 rings (SSSR count). The Bertz CT molecular complexity index is 467. The van der Waals surface area contributed by atoms with E-state index in [9.17, 15) is 4.79 Å². The van der Waals surface area contributed by atoms with Gasteiger partial charge in [-0.3, -0.25) is 9.69 Å². The molecule has 0 atom stereocenters. The van der Waals surface area contributed by atoms with Crippen LogP contribution in [0.2, 0.25) is 0 Å². The van der Waals surface area contributed by atoms with Crippen LogP contribution in [0.1, 0.15) is 22.3 Å². The number of aliphatic hydroxyl groups is 1. The van der Waals surface area contributed by atoms with Crippen molar-refractivity contribution < 1.29 is 9.90 Å². The number of hydrogen-bond donors (Lipinski definition) is 1. The highest BCUT2D eigenvalue weighted by atomic mass is 32.2. The lowest BCUT2D eigenvalue weighted by atomic mass is 10.1. The van der Waals surface area contributed by atoms with Crippen LogP contribution >= 0.6 is 11.8 Å². The van der Waals surface area contributed by atoms with Crippen LogP contribution in [0.15, 0.2) is 24.3 Å². The van der Waals surface area contributed by atoms with Crippen LogP contribution in [0.25, 0.3) is 0 Å². The number of aliphatic hydroxyl groups excluding tert-OH is 1. The van der Waals surface area contributed by atoms with Gasteiger partial charge in [0, 0.05) is 37.5 Å². The zero-order chi connectivity index (χ0) is 15.1. The molecule has 1 heterocycles. The number of carbonyl (C=O) groups is 1. The molecule has 0 bridgehead atoms. The molecule has 21 heavy (non-hydrogen) atoms. The molecule has 1 aromatic carbocycles. The topological polar surface area (TPSA) is 43.8 Å². The van der Waals surface area contributed by atoms with Crippen molar-refractivity contribution in [1.29, 1.82) is 0 Å². The quantitative estimate of drug-likeness (QED) is 0.899. The summed E-state index contributed by atoms with van der Waals surface area (Å²) >= 11 is 1.76. The highest BCUT2D eigenvalue weighted by molar-refractivity contribution is 7.97. The molecule has 1 aromatic rings. The van der Waals surface area contributed by atoms with E-state index in [0.717, 1.165) is 43.9 Å². The zero-order valence-corrected chi connectivity index (χ0v) is 13.4. The lowest BCUT2D eigenvalue weighted by Gasteiger charge is -2.21. The Hall–Kier alpha value is -1.04. The molecule has 0 saturated carbocycles. The second-order valence-electron chi connectivity index (χ2n) is 5.34. The molecular formula is C16H24N2O2S. The largest absolute Gasteiger partial charge is 0.395 e. The smallest absolute Gasteiger partial charge is 0.253 e. The van der Waals surface area contributed by atoms with Gasteiger partial charge in [-0.2, -0.15) is 11.8 Å². The molecule has 4 nitrogen and oxygen atoms in total. The predicted octanol–water partition coefficient (Wildman–Crippen LogP) is 1.69. The Morgan fingerprint density at radius 3 is 2.90 bits per heavy atom. The maximum atomic E-state index is 12.6. The van der Waals surface area contributed by atoms with Gasteiger partial charge in [0.2, 0.25) is 0 Å². The summed E-state index contributed by atoms with van der Waals surface area (Å²) < 4.78 is 0. The highest BCUT2D eigenvalue weighted by Gasteiger charge is 2.20. The molecule has 116 valence electrons. The minimum atomic E-state index is 0.129. The summed E-state index contributed by atoms with van der Waals surface area (Å²) in [7, 11) is 0. The number of hydrogen-bond acceptors (Lipinski definition) is 4. The Labute approximate surface area is 131 Å². The van der Waals surface area contributed by atoms with Gasteiger partial charge in [0.1, 0.15) is 0 Å². The molecular weight excluding hydrogens is 284 g/mol. The average molecular weight is 308 g/mol. The van der Waals surface area contributed by atoms with Crippen LogP contribution in [0.3, 0.4) is 0 Å². The van der Waals surface area contributed by atoms with E-state index in [4.69, 9.17) is 5.11 Å². The van der Waals surface area contributed by atoms with Crippen molar-refractivity contribution in [3.8, 4) is 0 Å². The summed E-state index contributed by atoms with van der Waals surface area (Å²) in [6, 6.07) is 7.95. The van der Waals surface area contributed by atoms with E-state index in [1.807, 2.05) is 23.1 Å². The molecule has 1 N–H and O–H groups in total. The van der Waals surface area contributed by atoms with Crippen molar-refractivity contribution in [3.63, 3.8) is 0 Å². The van der Waals surface area contributed by atoms with Crippen molar-refractivity contribution in [3.05, 3.63) is 35.4 Å². The van der Waals surface area contributed by atoms with E-state index in [2.05, 4.69) is 17.2 Å². The lowest BCUT2D eigenvalue weighted by molar-refractivity contribution is 0.0760. The summed E-state index contributed by atoms with van der Waals surface area (Å²) in [6.45, 7) is 4.22. The fourth-order valence-corrected chi connectivity index (χ4v) is 3.20. The van der Waals surface area contributed by atoms with E-state index in [1.54, 1.807) is 11.8 Å². The van der Waals surface area contributed by atoms with E-state index < -0.39 is 0 Å². The third-order valence-corrected chi connectivity index (χ3v) is 4.40. The molecule has 1 aliphatic rings. The number of benzene rings is 1. The zero-order valence-electron chi connectivity index (χ0n) is 12.6. The Morgan fingerprint density at radius 1 is 1.29 bits per heavy atom. The SMILES string of the molecule is CSCc1cccc(C(=O)N2CCCN(CCO)CC2)c1. The van der Waals surface area contributed by atoms with E-state index in [0.29, 0.717) is 6.54 Å². The number of thioether (sulfide) groups is 1. The second kappa shape index (κ2) is 8.41. The first-order valence-electron chi connectivity index (χ1n) is 7.45. The number of nitrogens with zero attached hydrogens (tertiary/aromatic N) is 2. The summed E-state index contributed by atoms with van der Waals surface area (Å²) in [4.78, 5) is 16.8. The Morgan fingerprint density at radius 2 is 2.14 bits per heavy atom. The van der Waals surface area contributed by atoms with Crippen LogP contribution in [0.4, 0.5) is 0 Å². The molecule has 0 radical (unpaired) electrons. The third kappa shape index (κ3) is 4.73. The molecule has 0 aromatic heterocycles. The van der Waals surface area contributed by atoms with Gasteiger partial charge in [0.25, 0.3) is 5.91 Å². The molecule has 1 aliphatic heterocycles. The molecule has 0 aliphatic carbocycles. The fourth-order valence-electron chi connectivity index (χ4n) is 2.68. The first-order valence-corrected chi connectivity index (χ1v) is 8.84. The van der Waals surface area contributed by atoms with Crippen molar-refractivity contribution in [2.45, 2.75) is 12.2 Å². The van der Waals surface area contributed by atoms with Crippen molar-refractivity contribution in [1.82, 2.24) is 9.80 Å². The van der Waals surface area contributed by atoms with Gasteiger partial charge in [0.05, 0.1) is 6.61 Å². The van der Waals surface area contributed by atoms with Crippen molar-refractivity contribution >= 4 is 17.7 Å². The first-order chi connectivity index (χ1) is 10.2. The van der Waals surface area contributed by atoms with Crippen LogP contribution in [0, 0.1) is 0 Å². The van der Waals surface area contributed by atoms with E-state index in [1.165, 1.54) is 5.56 Å². The Kier molecular flexibility index (Phi) is 6.54. The minimum absolute atomic E-state index is 0.129. The maximum absolute atomic E-state index is 12.6. The van der Waals surface area contributed by atoms with Gasteiger partial charge in [-0.25, -0.2) is 0 Å². The number of amides is 1. The predicted molar refractivity (Wildman–Crippen MR) is 87.7 cm³/mol. The monoisotopic (exact) mass is 308 g/mol. The third-order valence-electron chi connectivity index (χ3n) is 3.78. The van der Waals surface area contributed by atoms with Gasteiger partial charge < -0.3 is 10.0 Å². The fraction of sp³-hybridized carbons (Fsp3) is 0.562. The van der Waals surface area contributed by atoms with E-state index in [-0.39, 0.29) is 12.5 Å². The van der Waals surface area contributed by atoms with Gasteiger partial charge in [-0.15, -0.1) is 0 Å². The molecule has 1 fully saturated rings. The highest BCUT2D eigenvalue weighted by Crippen LogP contribution is 2.14. The minimum Gasteiger partial charge on any atom is -0.395 e. The Balaban J connectivity index is 2.00. The number of carbonyl (C=O) groups excluding carboxylic acids is 1. The van der Waals surface area contributed by atoms with Gasteiger partial charge in [-0.05, 0) is 36.9 Å². The van der Waals surface area contributed by atoms with Crippen LogP contribution in [-0.4, -0.2) is 66.4 Å². The normalized spacial score (nSPS) is 16.8. The van der Waals surface area contributed by atoms with Crippen molar-refractivity contribution in [2.24, 2.45) is 0 Å². The van der Waals surface area contributed by atoms with Crippen LogP contribution in [-0.2, 0) is 5.75 Å². The van der Waals surface area contributed by atoms with Gasteiger partial charge in [-0.1, -0.05) is 12.1 Å².